The fourth-order valence-corrected chi connectivity index (χ4v) is 4.17. The average molecular weight is 241 g/mol. The second-order valence-corrected chi connectivity index (χ2v) is 6.85. The van der Waals surface area contributed by atoms with E-state index in [9.17, 15) is 0 Å². The van der Waals surface area contributed by atoms with Crippen LogP contribution in [-0.4, -0.2) is 23.6 Å². The molecular formula is C14H27NS. The van der Waals surface area contributed by atoms with Crippen LogP contribution in [0.25, 0.3) is 0 Å². The van der Waals surface area contributed by atoms with Crippen LogP contribution >= 0.6 is 11.8 Å². The van der Waals surface area contributed by atoms with Gasteiger partial charge in [-0.1, -0.05) is 12.8 Å². The lowest BCUT2D eigenvalue weighted by atomic mass is 9.92. The topological polar surface area (TPSA) is 12.0 Å². The number of hydrogen-bond donors (Lipinski definition) is 1. The van der Waals surface area contributed by atoms with E-state index in [1.807, 2.05) is 0 Å². The third-order valence-corrected chi connectivity index (χ3v) is 5.75. The van der Waals surface area contributed by atoms with Crippen LogP contribution in [-0.2, 0) is 0 Å². The predicted octanol–water partition coefficient (Wildman–Crippen LogP) is 3.83. The molecular weight excluding hydrogens is 214 g/mol. The van der Waals surface area contributed by atoms with Gasteiger partial charge in [-0.15, -0.1) is 0 Å². The Labute approximate surface area is 105 Å². The molecule has 0 radical (unpaired) electrons. The molecule has 0 spiro atoms. The van der Waals surface area contributed by atoms with E-state index in [4.69, 9.17) is 0 Å². The number of thioether (sulfide) groups is 1. The molecule has 2 saturated carbocycles. The van der Waals surface area contributed by atoms with Gasteiger partial charge in [0.15, 0.2) is 0 Å². The minimum absolute atomic E-state index is 0.762. The molecule has 0 heterocycles. The molecule has 0 saturated heterocycles. The minimum atomic E-state index is 0.762. The van der Waals surface area contributed by atoms with Gasteiger partial charge in [-0.25, -0.2) is 0 Å². The summed E-state index contributed by atoms with van der Waals surface area (Å²) in [6.45, 7) is 2.41. The normalized spacial score (nSPS) is 34.1. The Morgan fingerprint density at radius 3 is 2.19 bits per heavy atom. The molecule has 1 N–H and O–H groups in total. The lowest BCUT2D eigenvalue weighted by Gasteiger charge is -2.32. The zero-order chi connectivity index (χ0) is 11.4. The van der Waals surface area contributed by atoms with Gasteiger partial charge < -0.3 is 5.32 Å². The van der Waals surface area contributed by atoms with Crippen molar-refractivity contribution in [1.82, 2.24) is 5.32 Å². The first kappa shape index (κ1) is 12.8. The molecule has 94 valence electrons. The molecule has 16 heavy (non-hydrogen) atoms. The summed E-state index contributed by atoms with van der Waals surface area (Å²) in [4.78, 5) is 0. The number of rotatable bonds is 4. The second kappa shape index (κ2) is 6.30. The van der Waals surface area contributed by atoms with Gasteiger partial charge >= 0.3 is 0 Å². The summed E-state index contributed by atoms with van der Waals surface area (Å²) in [7, 11) is 0. The van der Waals surface area contributed by atoms with Gasteiger partial charge in [-0.3, -0.25) is 0 Å². The van der Waals surface area contributed by atoms with E-state index >= 15 is 0 Å². The van der Waals surface area contributed by atoms with E-state index < -0.39 is 0 Å². The van der Waals surface area contributed by atoms with E-state index in [0.29, 0.717) is 0 Å². The number of nitrogens with one attached hydrogen (secondary N) is 1. The van der Waals surface area contributed by atoms with Gasteiger partial charge in [0, 0.05) is 17.3 Å². The van der Waals surface area contributed by atoms with E-state index in [2.05, 4.69) is 30.3 Å². The zero-order valence-corrected chi connectivity index (χ0v) is 11.7. The van der Waals surface area contributed by atoms with Gasteiger partial charge in [0.2, 0.25) is 0 Å². The van der Waals surface area contributed by atoms with Crippen LogP contribution < -0.4 is 5.32 Å². The van der Waals surface area contributed by atoms with Crippen molar-refractivity contribution in [3.05, 3.63) is 0 Å². The smallest absolute Gasteiger partial charge is 0.00704 e. The Balaban J connectivity index is 1.69. The quantitative estimate of drug-likeness (QED) is 0.803. The highest BCUT2D eigenvalue weighted by Gasteiger charge is 2.26. The highest BCUT2D eigenvalue weighted by Crippen LogP contribution is 2.30. The Hall–Kier alpha value is 0.310. The van der Waals surface area contributed by atoms with Crippen molar-refractivity contribution < 1.29 is 0 Å². The third-order valence-electron chi connectivity index (χ3n) is 4.61. The summed E-state index contributed by atoms with van der Waals surface area (Å²) in [5, 5.41) is 4.84. The summed E-state index contributed by atoms with van der Waals surface area (Å²) in [6, 6.07) is 1.58. The molecule has 0 aromatic rings. The molecule has 2 rings (SSSR count). The van der Waals surface area contributed by atoms with E-state index in [-0.39, 0.29) is 0 Å². The highest BCUT2D eigenvalue weighted by atomic mass is 32.2. The first-order valence-electron chi connectivity index (χ1n) is 7.08. The monoisotopic (exact) mass is 241 g/mol. The van der Waals surface area contributed by atoms with E-state index in [1.54, 1.807) is 0 Å². The standard InChI is InChI=1S/C14H27NS/c1-11(12-5-3-4-6-12)15-13-7-9-14(16-2)10-8-13/h11-15H,3-10H2,1-2H3. The first-order valence-corrected chi connectivity index (χ1v) is 8.37. The van der Waals surface area contributed by atoms with Crippen molar-refractivity contribution in [1.29, 1.82) is 0 Å². The van der Waals surface area contributed by atoms with E-state index in [0.717, 1.165) is 23.3 Å². The molecule has 2 aliphatic rings. The van der Waals surface area contributed by atoms with Gasteiger partial charge in [0.25, 0.3) is 0 Å². The Bertz CT molecular complexity index is 193. The lowest BCUT2D eigenvalue weighted by molar-refractivity contribution is 0.296. The molecule has 0 bridgehead atoms. The highest BCUT2D eigenvalue weighted by molar-refractivity contribution is 7.99. The van der Waals surface area contributed by atoms with Crippen LogP contribution in [0.3, 0.4) is 0 Å². The summed E-state index contributed by atoms with van der Waals surface area (Å²) >= 11 is 2.06. The van der Waals surface area contributed by atoms with Crippen LogP contribution in [0, 0.1) is 5.92 Å². The summed E-state index contributed by atoms with van der Waals surface area (Å²) in [6.07, 6.45) is 13.8. The predicted molar refractivity (Wildman–Crippen MR) is 74.1 cm³/mol. The lowest BCUT2D eigenvalue weighted by Crippen LogP contribution is -2.42. The molecule has 1 atom stereocenters. The summed E-state index contributed by atoms with van der Waals surface area (Å²) in [5.41, 5.74) is 0. The van der Waals surface area contributed by atoms with Gasteiger partial charge in [-0.05, 0) is 57.6 Å². The molecule has 0 aliphatic heterocycles. The fraction of sp³-hybridized carbons (Fsp3) is 1.00. The van der Waals surface area contributed by atoms with Crippen LogP contribution in [0.5, 0.6) is 0 Å². The Kier molecular flexibility index (Phi) is 5.02. The first-order chi connectivity index (χ1) is 7.79. The number of hydrogen-bond acceptors (Lipinski definition) is 2. The molecule has 0 aromatic carbocycles. The SMILES string of the molecule is CSC1CCC(NC(C)C2CCCC2)CC1. The molecule has 2 heteroatoms. The van der Waals surface area contributed by atoms with Gasteiger partial charge in [0.05, 0.1) is 0 Å². The van der Waals surface area contributed by atoms with Crippen molar-refractivity contribution in [2.45, 2.75) is 75.6 Å². The van der Waals surface area contributed by atoms with Crippen LogP contribution in [0.15, 0.2) is 0 Å². The molecule has 1 unspecified atom stereocenters. The summed E-state index contributed by atoms with van der Waals surface area (Å²) < 4.78 is 0. The van der Waals surface area contributed by atoms with Crippen LogP contribution in [0.1, 0.15) is 58.3 Å². The maximum Gasteiger partial charge on any atom is 0.00704 e. The van der Waals surface area contributed by atoms with Crippen molar-refractivity contribution in [3.8, 4) is 0 Å². The average Bonchev–Trinajstić information content (AvgIpc) is 2.83. The van der Waals surface area contributed by atoms with Crippen molar-refractivity contribution in [2.75, 3.05) is 6.26 Å². The second-order valence-electron chi connectivity index (χ2n) is 5.71. The Morgan fingerprint density at radius 2 is 1.62 bits per heavy atom. The third kappa shape index (κ3) is 3.40. The molecule has 0 amide bonds. The maximum absolute atomic E-state index is 3.90. The fourth-order valence-electron chi connectivity index (χ4n) is 3.43. The van der Waals surface area contributed by atoms with Crippen molar-refractivity contribution >= 4 is 11.8 Å². The minimum Gasteiger partial charge on any atom is -0.311 e. The van der Waals surface area contributed by atoms with Crippen molar-refractivity contribution in [2.24, 2.45) is 5.92 Å². The van der Waals surface area contributed by atoms with Gasteiger partial charge in [0.1, 0.15) is 0 Å². The zero-order valence-electron chi connectivity index (χ0n) is 10.9. The van der Waals surface area contributed by atoms with Crippen LogP contribution in [0.2, 0.25) is 0 Å². The van der Waals surface area contributed by atoms with E-state index in [1.165, 1.54) is 51.4 Å². The van der Waals surface area contributed by atoms with Gasteiger partial charge in [-0.2, -0.15) is 11.8 Å². The summed E-state index contributed by atoms with van der Waals surface area (Å²) in [5.74, 6) is 0.971. The largest absolute Gasteiger partial charge is 0.311 e. The maximum atomic E-state index is 3.90. The molecule has 2 aliphatic carbocycles. The molecule has 2 fully saturated rings. The Morgan fingerprint density at radius 1 is 1.00 bits per heavy atom. The molecule has 0 aromatic heterocycles. The molecule has 1 nitrogen and oxygen atoms in total. The van der Waals surface area contributed by atoms with Crippen molar-refractivity contribution in [3.63, 3.8) is 0 Å². The van der Waals surface area contributed by atoms with Crippen LogP contribution in [0.4, 0.5) is 0 Å².